The molecule has 0 aliphatic carbocycles. The number of rotatable bonds is 4. The standard InChI is InChI=1S/C11H13N5OS/c1-2-3-7-6-8(17)15-11(14-7)18-9-4-5-13-10(12)16-9/h4-6H,2-3H2,1H3,(H2,12,13,16)(H,14,15,17). The molecule has 6 nitrogen and oxygen atoms in total. The second kappa shape index (κ2) is 5.63. The summed E-state index contributed by atoms with van der Waals surface area (Å²) in [6.45, 7) is 2.04. The van der Waals surface area contributed by atoms with E-state index in [-0.39, 0.29) is 11.5 Å². The molecule has 0 amide bonds. The van der Waals surface area contributed by atoms with E-state index < -0.39 is 0 Å². The number of hydrogen-bond donors (Lipinski definition) is 2. The molecular weight excluding hydrogens is 250 g/mol. The Kier molecular flexibility index (Phi) is 3.93. The first-order valence-electron chi connectivity index (χ1n) is 5.54. The zero-order valence-electron chi connectivity index (χ0n) is 9.88. The van der Waals surface area contributed by atoms with Crippen LogP contribution in [0.5, 0.6) is 0 Å². The first kappa shape index (κ1) is 12.6. The minimum absolute atomic E-state index is 0.155. The third-order valence-electron chi connectivity index (χ3n) is 2.13. The predicted molar refractivity (Wildman–Crippen MR) is 69.4 cm³/mol. The van der Waals surface area contributed by atoms with Crippen molar-refractivity contribution in [2.24, 2.45) is 0 Å². The number of aromatic nitrogens is 4. The maximum atomic E-state index is 11.5. The van der Waals surface area contributed by atoms with Crippen LogP contribution in [-0.2, 0) is 6.42 Å². The Morgan fingerprint density at radius 3 is 3.00 bits per heavy atom. The average molecular weight is 263 g/mol. The highest BCUT2D eigenvalue weighted by Crippen LogP contribution is 2.21. The minimum Gasteiger partial charge on any atom is -0.368 e. The van der Waals surface area contributed by atoms with Crippen molar-refractivity contribution in [2.45, 2.75) is 29.9 Å². The number of hydrogen-bond acceptors (Lipinski definition) is 6. The number of aryl methyl sites for hydroxylation is 1. The summed E-state index contributed by atoms with van der Waals surface area (Å²) in [7, 11) is 0. The van der Waals surface area contributed by atoms with Gasteiger partial charge in [-0.2, -0.15) is 0 Å². The molecule has 0 atom stereocenters. The molecule has 0 bridgehead atoms. The summed E-state index contributed by atoms with van der Waals surface area (Å²) in [4.78, 5) is 26.3. The molecule has 0 aromatic carbocycles. The molecule has 2 heterocycles. The van der Waals surface area contributed by atoms with Gasteiger partial charge in [-0.1, -0.05) is 13.3 Å². The number of H-pyrrole nitrogens is 1. The zero-order chi connectivity index (χ0) is 13.0. The van der Waals surface area contributed by atoms with E-state index in [9.17, 15) is 4.79 Å². The molecular formula is C11H13N5OS. The molecule has 0 aliphatic rings. The summed E-state index contributed by atoms with van der Waals surface area (Å²) in [6.07, 6.45) is 3.29. The van der Waals surface area contributed by atoms with Crippen molar-refractivity contribution in [3.05, 3.63) is 34.4 Å². The van der Waals surface area contributed by atoms with Crippen LogP contribution in [0.3, 0.4) is 0 Å². The van der Waals surface area contributed by atoms with Gasteiger partial charge >= 0.3 is 0 Å². The monoisotopic (exact) mass is 263 g/mol. The fraction of sp³-hybridized carbons (Fsp3) is 0.273. The van der Waals surface area contributed by atoms with Gasteiger partial charge in [0.05, 0.1) is 0 Å². The van der Waals surface area contributed by atoms with E-state index >= 15 is 0 Å². The van der Waals surface area contributed by atoms with Crippen LogP contribution >= 0.6 is 11.8 Å². The fourth-order valence-electron chi connectivity index (χ4n) is 1.43. The normalized spacial score (nSPS) is 10.5. The topological polar surface area (TPSA) is 97.5 Å². The van der Waals surface area contributed by atoms with Crippen molar-refractivity contribution in [3.8, 4) is 0 Å². The molecule has 0 saturated carbocycles. The molecule has 2 rings (SSSR count). The first-order chi connectivity index (χ1) is 8.67. The molecule has 0 radical (unpaired) electrons. The molecule has 0 saturated heterocycles. The third-order valence-corrected chi connectivity index (χ3v) is 2.95. The van der Waals surface area contributed by atoms with Crippen LogP contribution in [0.1, 0.15) is 19.0 Å². The Hall–Kier alpha value is -1.89. The number of nitrogens with one attached hydrogen (secondary N) is 1. The Morgan fingerprint density at radius 2 is 2.28 bits per heavy atom. The summed E-state index contributed by atoms with van der Waals surface area (Å²) in [6, 6.07) is 3.23. The van der Waals surface area contributed by atoms with Crippen LogP contribution in [0.25, 0.3) is 0 Å². The van der Waals surface area contributed by atoms with Crippen molar-refractivity contribution < 1.29 is 0 Å². The highest BCUT2D eigenvalue weighted by molar-refractivity contribution is 7.99. The van der Waals surface area contributed by atoms with Gasteiger partial charge in [-0.05, 0) is 24.2 Å². The van der Waals surface area contributed by atoms with Crippen LogP contribution < -0.4 is 11.3 Å². The second-order valence-electron chi connectivity index (χ2n) is 3.65. The van der Waals surface area contributed by atoms with E-state index in [1.807, 2.05) is 6.92 Å². The maximum Gasteiger partial charge on any atom is 0.251 e. The van der Waals surface area contributed by atoms with E-state index in [0.29, 0.717) is 10.2 Å². The average Bonchev–Trinajstić information content (AvgIpc) is 2.28. The largest absolute Gasteiger partial charge is 0.368 e. The number of nitrogens with zero attached hydrogens (tertiary/aromatic N) is 3. The summed E-state index contributed by atoms with van der Waals surface area (Å²) >= 11 is 1.26. The van der Waals surface area contributed by atoms with Gasteiger partial charge in [-0.15, -0.1) is 0 Å². The molecule has 0 fully saturated rings. The van der Waals surface area contributed by atoms with Crippen LogP contribution in [-0.4, -0.2) is 19.9 Å². The SMILES string of the molecule is CCCc1cc(=O)[nH]c(Sc2ccnc(N)n2)n1. The second-order valence-corrected chi connectivity index (χ2v) is 4.66. The lowest BCUT2D eigenvalue weighted by atomic mass is 10.2. The Labute approximate surface area is 108 Å². The van der Waals surface area contributed by atoms with Gasteiger partial charge in [0, 0.05) is 18.0 Å². The van der Waals surface area contributed by atoms with E-state index in [2.05, 4.69) is 19.9 Å². The highest BCUT2D eigenvalue weighted by Gasteiger charge is 2.05. The molecule has 18 heavy (non-hydrogen) atoms. The number of aromatic amines is 1. The van der Waals surface area contributed by atoms with Crippen molar-refractivity contribution in [3.63, 3.8) is 0 Å². The van der Waals surface area contributed by atoms with E-state index in [1.54, 1.807) is 12.3 Å². The van der Waals surface area contributed by atoms with Gasteiger partial charge in [0.2, 0.25) is 5.95 Å². The Bertz CT molecular complexity index is 598. The number of nitrogen functional groups attached to an aromatic ring is 1. The smallest absolute Gasteiger partial charge is 0.251 e. The minimum atomic E-state index is -0.155. The van der Waals surface area contributed by atoms with Crippen LogP contribution in [0.2, 0.25) is 0 Å². The quantitative estimate of drug-likeness (QED) is 0.636. The molecule has 2 aromatic rings. The highest BCUT2D eigenvalue weighted by atomic mass is 32.2. The van der Waals surface area contributed by atoms with Crippen molar-refractivity contribution >= 4 is 17.7 Å². The third kappa shape index (κ3) is 3.30. The van der Waals surface area contributed by atoms with Crippen LogP contribution in [0, 0.1) is 0 Å². The lowest BCUT2D eigenvalue weighted by Gasteiger charge is -2.02. The van der Waals surface area contributed by atoms with Gasteiger partial charge in [0.25, 0.3) is 5.56 Å². The Morgan fingerprint density at radius 1 is 1.44 bits per heavy atom. The lowest BCUT2D eigenvalue weighted by molar-refractivity contribution is 0.815. The first-order valence-corrected chi connectivity index (χ1v) is 6.35. The van der Waals surface area contributed by atoms with Gasteiger partial charge in [0.1, 0.15) is 5.03 Å². The number of nitrogens with two attached hydrogens (primary N) is 1. The number of anilines is 1. The van der Waals surface area contributed by atoms with Gasteiger partial charge in [0.15, 0.2) is 5.16 Å². The van der Waals surface area contributed by atoms with Crippen LogP contribution in [0.4, 0.5) is 5.95 Å². The molecule has 0 spiro atoms. The summed E-state index contributed by atoms with van der Waals surface area (Å²) < 4.78 is 0. The van der Waals surface area contributed by atoms with Crippen LogP contribution in [0.15, 0.2) is 33.3 Å². The molecule has 2 aromatic heterocycles. The fourth-order valence-corrected chi connectivity index (χ4v) is 2.21. The van der Waals surface area contributed by atoms with Crippen molar-refractivity contribution in [2.75, 3.05) is 5.73 Å². The molecule has 7 heteroatoms. The lowest BCUT2D eigenvalue weighted by Crippen LogP contribution is -2.10. The molecule has 94 valence electrons. The summed E-state index contributed by atoms with van der Waals surface area (Å²) in [5, 5.41) is 1.17. The zero-order valence-corrected chi connectivity index (χ0v) is 10.7. The van der Waals surface area contributed by atoms with Gasteiger partial charge in [-0.3, -0.25) is 4.79 Å². The summed E-state index contributed by atoms with van der Waals surface area (Å²) in [5.74, 6) is 0.201. The van der Waals surface area contributed by atoms with Crippen molar-refractivity contribution in [1.82, 2.24) is 19.9 Å². The summed E-state index contributed by atoms with van der Waals surface area (Å²) in [5.41, 5.74) is 6.12. The van der Waals surface area contributed by atoms with E-state index in [4.69, 9.17) is 5.73 Å². The predicted octanol–water partition coefficient (Wildman–Crippen LogP) is 1.25. The molecule has 0 unspecified atom stereocenters. The van der Waals surface area contributed by atoms with Gasteiger partial charge in [-0.25, -0.2) is 15.0 Å². The van der Waals surface area contributed by atoms with Crippen molar-refractivity contribution in [1.29, 1.82) is 0 Å². The van der Waals surface area contributed by atoms with Gasteiger partial charge < -0.3 is 10.7 Å². The molecule has 0 aliphatic heterocycles. The van der Waals surface area contributed by atoms with E-state index in [0.717, 1.165) is 18.5 Å². The van der Waals surface area contributed by atoms with E-state index in [1.165, 1.54) is 17.8 Å². The molecule has 3 N–H and O–H groups in total. The Balaban J connectivity index is 2.26. The maximum absolute atomic E-state index is 11.5.